The van der Waals surface area contributed by atoms with Gasteiger partial charge in [-0.25, -0.2) is 0 Å². The van der Waals surface area contributed by atoms with E-state index < -0.39 is 39.1 Å². The van der Waals surface area contributed by atoms with Crippen molar-refractivity contribution in [3.63, 3.8) is 0 Å². The van der Waals surface area contributed by atoms with Crippen LogP contribution in [0.2, 0.25) is 0 Å². The first-order valence-electron chi connectivity index (χ1n) is 12.5. The topological polar surface area (TPSA) is 209 Å². The molecule has 0 bridgehead atoms. The molecular formula is C27H24B3N3O9. The minimum atomic E-state index is -1.76. The molecule has 0 aliphatic heterocycles. The van der Waals surface area contributed by atoms with Gasteiger partial charge in [-0.15, -0.1) is 0 Å². The number of nitrogens with one attached hydrogen (secondary N) is 3. The molecule has 0 aromatic heterocycles. The van der Waals surface area contributed by atoms with E-state index in [0.717, 1.165) is 0 Å². The number of anilines is 3. The van der Waals surface area contributed by atoms with Crippen LogP contribution < -0.4 is 32.3 Å². The van der Waals surface area contributed by atoms with Crippen molar-refractivity contribution in [3.05, 3.63) is 108 Å². The van der Waals surface area contributed by atoms with Crippen LogP contribution in [0.25, 0.3) is 0 Å². The van der Waals surface area contributed by atoms with Gasteiger partial charge < -0.3 is 46.1 Å². The maximum Gasteiger partial charge on any atom is 0.488 e. The summed E-state index contributed by atoms with van der Waals surface area (Å²) in [6, 6.07) is 21.2. The molecule has 0 aliphatic rings. The molecule has 4 aromatic carbocycles. The van der Waals surface area contributed by atoms with E-state index in [2.05, 4.69) is 16.0 Å². The molecule has 210 valence electrons. The summed E-state index contributed by atoms with van der Waals surface area (Å²) in [5.41, 5.74) is 0.829. The third-order valence-electron chi connectivity index (χ3n) is 6.05. The van der Waals surface area contributed by atoms with Gasteiger partial charge in [-0.1, -0.05) is 36.4 Å². The van der Waals surface area contributed by atoms with Crippen LogP contribution in [0.5, 0.6) is 0 Å². The number of hydrogen-bond acceptors (Lipinski definition) is 9. The standard InChI is InChI=1S/C27H24B3N3O9/c34-25(31-22-7-1-4-19(13-22)28(37)38)16-10-17(26(35)32-23-8-2-5-20(14-23)29(39)40)12-18(11-16)27(36)33-24-9-3-6-21(15-24)30(41)42/h1-15,37-42H,(H,31,34)(H,32,35)(H,33,36). The normalized spacial score (nSPS) is 10.4. The number of rotatable bonds is 9. The van der Waals surface area contributed by atoms with Gasteiger partial charge in [0.2, 0.25) is 0 Å². The summed E-state index contributed by atoms with van der Waals surface area (Å²) in [6.07, 6.45) is 0. The zero-order valence-electron chi connectivity index (χ0n) is 21.8. The first-order valence-corrected chi connectivity index (χ1v) is 12.5. The number of amides is 3. The lowest BCUT2D eigenvalue weighted by atomic mass is 9.80. The Bertz CT molecular complexity index is 1430. The monoisotopic (exact) mass is 567 g/mol. The van der Waals surface area contributed by atoms with Crippen LogP contribution in [0.4, 0.5) is 17.1 Å². The van der Waals surface area contributed by atoms with E-state index in [1.807, 2.05) is 0 Å². The molecule has 9 N–H and O–H groups in total. The Hall–Kier alpha value is -4.76. The smallest absolute Gasteiger partial charge is 0.423 e. The van der Waals surface area contributed by atoms with Gasteiger partial charge in [-0.2, -0.15) is 0 Å². The van der Waals surface area contributed by atoms with Crippen LogP contribution in [0.3, 0.4) is 0 Å². The van der Waals surface area contributed by atoms with Gasteiger partial charge in [-0.05, 0) is 71.0 Å². The van der Waals surface area contributed by atoms with Gasteiger partial charge in [-0.3, -0.25) is 14.4 Å². The molecule has 0 spiro atoms. The van der Waals surface area contributed by atoms with Crippen LogP contribution in [0.15, 0.2) is 91.0 Å². The summed E-state index contributed by atoms with van der Waals surface area (Å²) < 4.78 is 0. The minimum absolute atomic E-state index is 0.0817. The fourth-order valence-electron chi connectivity index (χ4n) is 3.96. The van der Waals surface area contributed by atoms with Crippen molar-refractivity contribution in [2.45, 2.75) is 0 Å². The zero-order chi connectivity index (χ0) is 30.4. The van der Waals surface area contributed by atoms with Crippen molar-refractivity contribution < 1.29 is 44.5 Å². The van der Waals surface area contributed by atoms with E-state index in [-0.39, 0.29) is 50.1 Å². The Morgan fingerprint density at radius 3 is 0.929 bits per heavy atom. The van der Waals surface area contributed by atoms with Gasteiger partial charge in [0.05, 0.1) is 0 Å². The molecule has 4 rings (SSSR count). The van der Waals surface area contributed by atoms with Crippen molar-refractivity contribution in [2.24, 2.45) is 0 Å². The quantitative estimate of drug-likeness (QED) is 0.108. The summed E-state index contributed by atoms with van der Waals surface area (Å²) in [5.74, 6) is -2.13. The first-order chi connectivity index (χ1) is 20.0. The lowest BCUT2D eigenvalue weighted by Gasteiger charge is -2.13. The highest BCUT2D eigenvalue weighted by Crippen LogP contribution is 2.17. The fraction of sp³-hybridized carbons (Fsp3) is 0. The summed E-state index contributed by atoms with van der Waals surface area (Å²) >= 11 is 0. The maximum absolute atomic E-state index is 13.2. The summed E-state index contributed by atoms with van der Waals surface area (Å²) in [4.78, 5) is 39.6. The molecule has 15 heteroatoms. The fourth-order valence-corrected chi connectivity index (χ4v) is 3.96. The Balaban J connectivity index is 1.67. The second-order valence-corrected chi connectivity index (χ2v) is 9.16. The summed E-state index contributed by atoms with van der Waals surface area (Å²) in [6.45, 7) is 0. The van der Waals surface area contributed by atoms with Gasteiger partial charge in [0.1, 0.15) is 0 Å². The largest absolute Gasteiger partial charge is 0.488 e. The number of carbonyl (C=O) groups is 3. The van der Waals surface area contributed by atoms with E-state index in [1.165, 1.54) is 91.0 Å². The molecule has 0 saturated heterocycles. The van der Waals surface area contributed by atoms with Crippen LogP contribution >= 0.6 is 0 Å². The van der Waals surface area contributed by atoms with Gasteiger partial charge in [0, 0.05) is 33.8 Å². The Kier molecular flexibility index (Phi) is 9.55. The highest BCUT2D eigenvalue weighted by Gasteiger charge is 2.20. The molecule has 0 atom stereocenters. The summed E-state index contributed by atoms with van der Waals surface area (Å²) in [5, 5.41) is 64.3. The second kappa shape index (κ2) is 13.3. The Labute approximate surface area is 240 Å². The van der Waals surface area contributed by atoms with E-state index >= 15 is 0 Å². The molecule has 0 saturated carbocycles. The van der Waals surface area contributed by atoms with E-state index in [0.29, 0.717) is 0 Å². The average Bonchev–Trinajstić information content (AvgIpc) is 2.97. The highest BCUT2D eigenvalue weighted by molar-refractivity contribution is 6.59. The van der Waals surface area contributed by atoms with Crippen molar-refractivity contribution >= 4 is 72.5 Å². The molecule has 4 aromatic rings. The van der Waals surface area contributed by atoms with Gasteiger partial charge >= 0.3 is 21.4 Å². The molecule has 0 aliphatic carbocycles. The van der Waals surface area contributed by atoms with E-state index in [1.54, 1.807) is 0 Å². The van der Waals surface area contributed by atoms with Crippen molar-refractivity contribution in [1.29, 1.82) is 0 Å². The molecule has 12 nitrogen and oxygen atoms in total. The third-order valence-corrected chi connectivity index (χ3v) is 6.05. The molecule has 0 fully saturated rings. The SMILES string of the molecule is O=C(Nc1cccc(B(O)O)c1)c1cc(C(=O)Nc2cccc(B(O)O)c2)cc(C(=O)Nc2cccc(B(O)O)c2)c1. The van der Waals surface area contributed by atoms with E-state index in [9.17, 15) is 44.5 Å². The second-order valence-electron chi connectivity index (χ2n) is 9.16. The first kappa shape index (κ1) is 30.2. The maximum atomic E-state index is 13.2. The predicted molar refractivity (Wildman–Crippen MR) is 159 cm³/mol. The predicted octanol–water partition coefficient (Wildman–Crippen LogP) is -1.52. The molecular weight excluding hydrogens is 543 g/mol. The molecule has 0 unspecified atom stereocenters. The van der Waals surface area contributed by atoms with Crippen molar-refractivity contribution in [2.75, 3.05) is 16.0 Å². The van der Waals surface area contributed by atoms with Crippen LogP contribution in [-0.2, 0) is 0 Å². The number of benzene rings is 4. The van der Waals surface area contributed by atoms with Crippen molar-refractivity contribution in [3.8, 4) is 0 Å². The number of hydrogen-bond donors (Lipinski definition) is 9. The Morgan fingerprint density at radius 2 is 0.690 bits per heavy atom. The van der Waals surface area contributed by atoms with Gasteiger partial charge in [0.15, 0.2) is 0 Å². The lowest BCUT2D eigenvalue weighted by molar-refractivity contribution is 0.102. The zero-order valence-corrected chi connectivity index (χ0v) is 21.8. The Morgan fingerprint density at radius 1 is 0.429 bits per heavy atom. The third kappa shape index (κ3) is 7.70. The van der Waals surface area contributed by atoms with E-state index in [4.69, 9.17) is 0 Å². The molecule has 3 amide bonds. The van der Waals surface area contributed by atoms with Gasteiger partial charge in [0.25, 0.3) is 17.7 Å². The lowest BCUT2D eigenvalue weighted by Crippen LogP contribution is -2.30. The molecule has 0 radical (unpaired) electrons. The summed E-state index contributed by atoms with van der Waals surface area (Å²) in [7, 11) is -5.29. The number of carbonyl (C=O) groups excluding carboxylic acids is 3. The molecule has 0 heterocycles. The highest BCUT2D eigenvalue weighted by atomic mass is 16.4. The molecule has 42 heavy (non-hydrogen) atoms. The van der Waals surface area contributed by atoms with Crippen LogP contribution in [-0.4, -0.2) is 69.2 Å². The minimum Gasteiger partial charge on any atom is -0.423 e. The van der Waals surface area contributed by atoms with Crippen LogP contribution in [0, 0.1) is 0 Å². The van der Waals surface area contributed by atoms with Crippen molar-refractivity contribution in [1.82, 2.24) is 0 Å². The van der Waals surface area contributed by atoms with Crippen LogP contribution in [0.1, 0.15) is 31.1 Å². The average molecular weight is 567 g/mol.